The zero-order valence-corrected chi connectivity index (χ0v) is 17.0. The molecule has 2 heterocycles. The van der Waals surface area contributed by atoms with Crippen molar-refractivity contribution in [2.24, 2.45) is 0 Å². The molecular weight excluding hydrogens is 382 g/mol. The van der Waals surface area contributed by atoms with Crippen LogP contribution < -0.4 is 5.32 Å². The molecule has 4 rings (SSSR count). The third-order valence-corrected chi connectivity index (χ3v) is 5.82. The average Bonchev–Trinajstić information content (AvgIpc) is 3.32. The number of hydrogen-bond acceptors (Lipinski definition) is 4. The van der Waals surface area contributed by atoms with Crippen molar-refractivity contribution < 1.29 is 19.1 Å². The van der Waals surface area contributed by atoms with Gasteiger partial charge in [-0.15, -0.1) is 0 Å². The molecule has 158 valence electrons. The van der Waals surface area contributed by atoms with Gasteiger partial charge in [-0.05, 0) is 29.2 Å². The van der Waals surface area contributed by atoms with Crippen molar-refractivity contribution in [3.63, 3.8) is 0 Å². The molecule has 2 saturated heterocycles. The van der Waals surface area contributed by atoms with Crippen LogP contribution in [0.3, 0.4) is 0 Å². The van der Waals surface area contributed by atoms with Gasteiger partial charge in [0.15, 0.2) is 0 Å². The second kappa shape index (κ2) is 9.26. The molecule has 3 amide bonds. The van der Waals surface area contributed by atoms with Crippen LogP contribution in [0.1, 0.15) is 18.4 Å². The molecule has 7 heteroatoms. The quantitative estimate of drug-likeness (QED) is 0.809. The van der Waals surface area contributed by atoms with E-state index in [4.69, 9.17) is 4.74 Å². The maximum absolute atomic E-state index is 12.5. The first kappa shape index (κ1) is 20.3. The van der Waals surface area contributed by atoms with Gasteiger partial charge in [0.1, 0.15) is 6.10 Å². The monoisotopic (exact) mass is 409 g/mol. The summed E-state index contributed by atoms with van der Waals surface area (Å²) in [6, 6.07) is 13.8. The van der Waals surface area contributed by atoms with Gasteiger partial charge in [-0.2, -0.15) is 0 Å². The second-order valence-corrected chi connectivity index (χ2v) is 7.80. The predicted octanol–water partition coefficient (Wildman–Crippen LogP) is 1.35. The molecule has 2 fully saturated rings. The van der Waals surface area contributed by atoms with Crippen molar-refractivity contribution in [1.82, 2.24) is 15.1 Å². The molecule has 2 aliphatic rings. The van der Waals surface area contributed by atoms with E-state index in [2.05, 4.69) is 5.32 Å². The van der Waals surface area contributed by atoms with Gasteiger partial charge in [-0.1, -0.05) is 42.5 Å². The summed E-state index contributed by atoms with van der Waals surface area (Å²) in [5, 5.41) is 4.88. The normalized spacial score (nSPS) is 19.1. The SMILES string of the molecule is O=C(Cc1cccc2ccccc12)NCC(=O)N1CCN(C(=O)C2CCCO2)CC1. The Hall–Kier alpha value is -2.93. The number of rotatable bonds is 5. The standard InChI is InChI=1S/C23H27N3O4/c27-21(15-18-7-3-6-17-5-1-2-8-19(17)18)24-16-22(28)25-10-12-26(13-11-25)23(29)20-9-4-14-30-20/h1-3,5-8,20H,4,9-16H2,(H,24,27). The first-order valence-corrected chi connectivity index (χ1v) is 10.5. The van der Waals surface area contributed by atoms with E-state index in [9.17, 15) is 14.4 Å². The Morgan fingerprint density at radius 1 is 0.967 bits per heavy atom. The van der Waals surface area contributed by atoms with Crippen LogP contribution in [0.25, 0.3) is 10.8 Å². The Bertz CT molecular complexity index is 926. The van der Waals surface area contributed by atoms with Crippen LogP contribution in [0.2, 0.25) is 0 Å². The Balaban J connectivity index is 1.24. The number of carbonyl (C=O) groups is 3. The summed E-state index contributed by atoms with van der Waals surface area (Å²) < 4.78 is 5.46. The van der Waals surface area contributed by atoms with Crippen LogP contribution in [0.4, 0.5) is 0 Å². The van der Waals surface area contributed by atoms with E-state index in [-0.39, 0.29) is 36.8 Å². The van der Waals surface area contributed by atoms with Crippen molar-refractivity contribution in [2.45, 2.75) is 25.4 Å². The van der Waals surface area contributed by atoms with Gasteiger partial charge in [0, 0.05) is 32.8 Å². The minimum absolute atomic E-state index is 0.0245. The van der Waals surface area contributed by atoms with Crippen molar-refractivity contribution >= 4 is 28.5 Å². The Labute approximate surface area is 176 Å². The summed E-state index contributed by atoms with van der Waals surface area (Å²) in [5.41, 5.74) is 0.944. The molecule has 0 bridgehead atoms. The van der Waals surface area contributed by atoms with E-state index >= 15 is 0 Å². The van der Waals surface area contributed by atoms with Gasteiger partial charge in [0.25, 0.3) is 5.91 Å². The number of piperazine rings is 1. The third kappa shape index (κ3) is 4.62. The molecule has 7 nitrogen and oxygen atoms in total. The molecule has 1 N–H and O–H groups in total. The van der Waals surface area contributed by atoms with Crippen LogP contribution in [-0.4, -0.2) is 73.0 Å². The van der Waals surface area contributed by atoms with Gasteiger partial charge < -0.3 is 19.9 Å². The summed E-state index contributed by atoms with van der Waals surface area (Å²) >= 11 is 0. The van der Waals surface area contributed by atoms with E-state index in [0.29, 0.717) is 32.8 Å². The number of amides is 3. The number of hydrogen-bond donors (Lipinski definition) is 1. The van der Waals surface area contributed by atoms with Crippen LogP contribution in [0, 0.1) is 0 Å². The molecule has 2 aromatic rings. The van der Waals surface area contributed by atoms with E-state index in [1.165, 1.54) is 0 Å². The summed E-state index contributed by atoms with van der Waals surface area (Å²) in [7, 11) is 0. The van der Waals surface area contributed by atoms with Gasteiger partial charge in [0.2, 0.25) is 11.8 Å². The minimum atomic E-state index is -0.319. The highest BCUT2D eigenvalue weighted by Crippen LogP contribution is 2.19. The zero-order chi connectivity index (χ0) is 20.9. The number of nitrogens with one attached hydrogen (secondary N) is 1. The molecule has 0 saturated carbocycles. The van der Waals surface area contributed by atoms with Crippen LogP contribution in [0.15, 0.2) is 42.5 Å². The van der Waals surface area contributed by atoms with Gasteiger partial charge in [0.05, 0.1) is 13.0 Å². The number of benzene rings is 2. The van der Waals surface area contributed by atoms with E-state index in [1.54, 1.807) is 9.80 Å². The fraction of sp³-hybridized carbons (Fsp3) is 0.435. The van der Waals surface area contributed by atoms with Crippen molar-refractivity contribution in [3.05, 3.63) is 48.0 Å². The summed E-state index contributed by atoms with van der Waals surface area (Å²) in [5.74, 6) is -0.264. The van der Waals surface area contributed by atoms with E-state index in [1.807, 2.05) is 42.5 Å². The maximum atomic E-state index is 12.5. The smallest absolute Gasteiger partial charge is 0.251 e. The number of nitrogens with zero attached hydrogens (tertiary/aromatic N) is 2. The summed E-state index contributed by atoms with van der Waals surface area (Å²) in [4.78, 5) is 40.7. The first-order chi connectivity index (χ1) is 14.6. The zero-order valence-electron chi connectivity index (χ0n) is 17.0. The molecule has 0 aromatic heterocycles. The van der Waals surface area contributed by atoms with Crippen molar-refractivity contribution in [1.29, 1.82) is 0 Å². The van der Waals surface area contributed by atoms with Crippen LogP contribution >= 0.6 is 0 Å². The lowest BCUT2D eigenvalue weighted by molar-refractivity contribution is -0.145. The minimum Gasteiger partial charge on any atom is -0.368 e. The first-order valence-electron chi connectivity index (χ1n) is 10.5. The topological polar surface area (TPSA) is 79.0 Å². The predicted molar refractivity (Wildman–Crippen MR) is 113 cm³/mol. The highest BCUT2D eigenvalue weighted by Gasteiger charge is 2.31. The van der Waals surface area contributed by atoms with Crippen LogP contribution in [-0.2, 0) is 25.5 Å². The number of ether oxygens (including phenoxy) is 1. The summed E-state index contributed by atoms with van der Waals surface area (Å²) in [6.07, 6.45) is 1.62. The highest BCUT2D eigenvalue weighted by molar-refractivity contribution is 5.91. The number of carbonyl (C=O) groups excluding carboxylic acids is 3. The molecule has 2 aliphatic heterocycles. The third-order valence-electron chi connectivity index (χ3n) is 5.82. The number of fused-ring (bicyclic) bond motifs is 1. The summed E-state index contributed by atoms with van der Waals surface area (Å²) in [6.45, 7) is 2.60. The van der Waals surface area contributed by atoms with Crippen molar-refractivity contribution in [3.8, 4) is 0 Å². The Morgan fingerprint density at radius 2 is 1.70 bits per heavy atom. The lowest BCUT2D eigenvalue weighted by Gasteiger charge is -2.35. The van der Waals surface area contributed by atoms with E-state index in [0.717, 1.165) is 29.2 Å². The molecule has 0 spiro atoms. The lowest BCUT2D eigenvalue weighted by atomic mass is 10.0. The fourth-order valence-corrected chi connectivity index (χ4v) is 4.12. The van der Waals surface area contributed by atoms with Crippen molar-refractivity contribution in [2.75, 3.05) is 39.3 Å². The molecule has 1 unspecified atom stereocenters. The fourth-order valence-electron chi connectivity index (χ4n) is 4.12. The Kier molecular flexibility index (Phi) is 6.28. The molecule has 0 aliphatic carbocycles. The lowest BCUT2D eigenvalue weighted by Crippen LogP contribution is -2.54. The van der Waals surface area contributed by atoms with E-state index < -0.39 is 0 Å². The highest BCUT2D eigenvalue weighted by atomic mass is 16.5. The second-order valence-electron chi connectivity index (χ2n) is 7.80. The largest absolute Gasteiger partial charge is 0.368 e. The van der Waals surface area contributed by atoms with Gasteiger partial charge in [-0.3, -0.25) is 14.4 Å². The van der Waals surface area contributed by atoms with Gasteiger partial charge >= 0.3 is 0 Å². The molecular formula is C23H27N3O4. The molecule has 1 atom stereocenters. The Morgan fingerprint density at radius 3 is 2.47 bits per heavy atom. The van der Waals surface area contributed by atoms with Crippen LogP contribution in [0.5, 0.6) is 0 Å². The average molecular weight is 409 g/mol. The molecule has 2 aromatic carbocycles. The van der Waals surface area contributed by atoms with Gasteiger partial charge in [-0.25, -0.2) is 0 Å². The molecule has 0 radical (unpaired) electrons. The molecule has 30 heavy (non-hydrogen) atoms. The maximum Gasteiger partial charge on any atom is 0.251 e.